The van der Waals surface area contributed by atoms with E-state index >= 15 is 0 Å². The van der Waals surface area contributed by atoms with Crippen molar-refractivity contribution in [3.05, 3.63) is 54.9 Å². The molecular weight excluding hydrogens is 330 g/mol. The Hall–Kier alpha value is -2.87. The number of pyridine rings is 1. The highest BCUT2D eigenvalue weighted by atomic mass is 32.2. The number of aromatic nitrogens is 2. The van der Waals surface area contributed by atoms with Gasteiger partial charge in [0.05, 0.1) is 11.5 Å². The number of ether oxygens (including phenoxy) is 1. The Morgan fingerprint density at radius 2 is 2.08 bits per heavy atom. The van der Waals surface area contributed by atoms with Crippen molar-refractivity contribution in [3.63, 3.8) is 0 Å². The second-order valence-corrected chi connectivity index (χ2v) is 6.51. The Kier molecular flexibility index (Phi) is 4.48. The number of hydrogen-bond donors (Lipinski definition) is 1. The lowest BCUT2D eigenvalue weighted by atomic mass is 10.2. The van der Waals surface area contributed by atoms with Gasteiger partial charge >= 0.3 is 0 Å². The predicted molar refractivity (Wildman–Crippen MR) is 88.2 cm³/mol. The fourth-order valence-electron chi connectivity index (χ4n) is 2.06. The largest absolute Gasteiger partial charge is 0.494 e. The van der Waals surface area contributed by atoms with E-state index in [1.54, 1.807) is 36.7 Å². The summed E-state index contributed by atoms with van der Waals surface area (Å²) in [5, 5.41) is 3.74. The molecule has 0 fully saturated rings. The monoisotopic (exact) mass is 345 g/mol. The number of nitrogens with one attached hydrogen (secondary N) is 1. The molecule has 0 aliphatic heterocycles. The molecule has 0 unspecified atom stereocenters. The molecule has 0 atom stereocenters. The van der Waals surface area contributed by atoms with Crippen molar-refractivity contribution in [2.24, 2.45) is 0 Å². The molecule has 1 aromatic carbocycles. The summed E-state index contributed by atoms with van der Waals surface area (Å²) in [6.07, 6.45) is 3.24. The van der Waals surface area contributed by atoms with Crippen LogP contribution in [0.3, 0.4) is 0 Å². The summed E-state index contributed by atoms with van der Waals surface area (Å²) in [4.78, 5) is 4.06. The Bertz CT molecular complexity index is 923. The van der Waals surface area contributed by atoms with Gasteiger partial charge in [0.1, 0.15) is 5.75 Å². The van der Waals surface area contributed by atoms with Crippen molar-refractivity contribution in [1.29, 1.82) is 0 Å². The van der Waals surface area contributed by atoms with Gasteiger partial charge in [-0.1, -0.05) is 11.2 Å². The van der Waals surface area contributed by atoms with Crippen molar-refractivity contribution < 1.29 is 17.7 Å². The molecule has 0 bridgehead atoms. The van der Waals surface area contributed by atoms with Gasteiger partial charge in [-0.15, -0.1) is 0 Å². The second-order valence-electron chi connectivity index (χ2n) is 4.83. The normalized spacial score (nSPS) is 11.2. The van der Waals surface area contributed by atoms with Crippen molar-refractivity contribution in [2.75, 3.05) is 11.3 Å². The highest BCUT2D eigenvalue weighted by Crippen LogP contribution is 2.24. The SMILES string of the molecule is CCOc1cccc(S(=O)(=O)Nc2cc(-c3cccnc3)on2)c1. The third kappa shape index (κ3) is 3.54. The van der Waals surface area contributed by atoms with E-state index in [2.05, 4.69) is 14.9 Å². The predicted octanol–water partition coefficient (Wildman–Crippen LogP) is 2.94. The Morgan fingerprint density at radius 3 is 2.83 bits per heavy atom. The number of rotatable bonds is 6. The van der Waals surface area contributed by atoms with Crippen LogP contribution in [-0.4, -0.2) is 25.2 Å². The third-order valence-corrected chi connectivity index (χ3v) is 4.47. The first-order chi connectivity index (χ1) is 11.6. The quantitative estimate of drug-likeness (QED) is 0.738. The molecule has 0 saturated heterocycles. The third-order valence-electron chi connectivity index (χ3n) is 3.12. The van der Waals surface area contributed by atoms with Gasteiger partial charge in [-0.25, -0.2) is 8.42 Å². The first-order valence-electron chi connectivity index (χ1n) is 7.21. The van der Waals surface area contributed by atoms with Crippen LogP contribution >= 0.6 is 0 Å². The van der Waals surface area contributed by atoms with Crippen LogP contribution in [0, 0.1) is 0 Å². The maximum Gasteiger partial charge on any atom is 0.263 e. The van der Waals surface area contributed by atoms with Crippen molar-refractivity contribution in [3.8, 4) is 17.1 Å². The maximum atomic E-state index is 12.4. The average Bonchev–Trinajstić information content (AvgIpc) is 3.04. The van der Waals surface area contributed by atoms with Gasteiger partial charge in [-0.3, -0.25) is 9.71 Å². The Balaban J connectivity index is 1.82. The van der Waals surface area contributed by atoms with E-state index < -0.39 is 10.0 Å². The van der Waals surface area contributed by atoms with E-state index in [-0.39, 0.29) is 10.7 Å². The van der Waals surface area contributed by atoms with Crippen LogP contribution in [0.25, 0.3) is 11.3 Å². The van der Waals surface area contributed by atoms with Crippen LogP contribution in [0.15, 0.2) is 64.3 Å². The molecule has 0 radical (unpaired) electrons. The topological polar surface area (TPSA) is 94.3 Å². The molecule has 3 rings (SSSR count). The zero-order chi connectivity index (χ0) is 17.0. The Morgan fingerprint density at radius 1 is 1.21 bits per heavy atom. The first kappa shape index (κ1) is 16.0. The van der Waals surface area contributed by atoms with E-state index in [1.807, 2.05) is 6.92 Å². The molecule has 0 amide bonds. The molecule has 1 N–H and O–H groups in total. The lowest BCUT2D eigenvalue weighted by Crippen LogP contribution is -2.13. The molecule has 0 aliphatic rings. The van der Waals surface area contributed by atoms with Gasteiger partial charge in [-0.2, -0.15) is 0 Å². The summed E-state index contributed by atoms with van der Waals surface area (Å²) in [5.41, 5.74) is 0.703. The van der Waals surface area contributed by atoms with E-state index in [1.165, 1.54) is 18.2 Å². The molecule has 0 aliphatic carbocycles. The van der Waals surface area contributed by atoms with Gasteiger partial charge in [0.15, 0.2) is 11.6 Å². The molecule has 2 aromatic heterocycles. The second kappa shape index (κ2) is 6.71. The lowest BCUT2D eigenvalue weighted by Gasteiger charge is -2.07. The van der Waals surface area contributed by atoms with Crippen molar-refractivity contribution in [2.45, 2.75) is 11.8 Å². The molecular formula is C16H15N3O4S. The summed E-state index contributed by atoms with van der Waals surface area (Å²) in [5.74, 6) is 0.996. The van der Waals surface area contributed by atoms with Gasteiger partial charge in [0.25, 0.3) is 10.0 Å². The van der Waals surface area contributed by atoms with Gasteiger partial charge in [0.2, 0.25) is 0 Å². The van der Waals surface area contributed by atoms with E-state index in [0.717, 1.165) is 0 Å². The molecule has 0 saturated carbocycles. The minimum Gasteiger partial charge on any atom is -0.494 e. The van der Waals surface area contributed by atoms with Gasteiger partial charge in [-0.05, 0) is 31.2 Å². The lowest BCUT2D eigenvalue weighted by molar-refractivity contribution is 0.339. The van der Waals surface area contributed by atoms with E-state index in [9.17, 15) is 8.42 Å². The summed E-state index contributed by atoms with van der Waals surface area (Å²) in [7, 11) is -3.79. The highest BCUT2D eigenvalue weighted by molar-refractivity contribution is 7.92. The van der Waals surface area contributed by atoms with Crippen LogP contribution in [0.2, 0.25) is 0 Å². The molecule has 8 heteroatoms. The number of anilines is 1. The number of hydrogen-bond acceptors (Lipinski definition) is 6. The summed E-state index contributed by atoms with van der Waals surface area (Å²) < 4.78 is 37.7. The van der Waals surface area contributed by atoms with E-state index in [0.29, 0.717) is 23.7 Å². The van der Waals surface area contributed by atoms with Gasteiger partial charge < -0.3 is 9.26 Å². The minimum atomic E-state index is -3.79. The minimum absolute atomic E-state index is 0.0828. The van der Waals surface area contributed by atoms with Crippen molar-refractivity contribution >= 4 is 15.8 Å². The van der Waals surface area contributed by atoms with E-state index in [4.69, 9.17) is 9.26 Å². The zero-order valence-corrected chi connectivity index (χ0v) is 13.7. The number of benzene rings is 1. The molecule has 124 valence electrons. The van der Waals surface area contributed by atoms with Crippen LogP contribution < -0.4 is 9.46 Å². The summed E-state index contributed by atoms with van der Waals surface area (Å²) in [6.45, 7) is 2.28. The fraction of sp³-hybridized carbons (Fsp3) is 0.125. The standard InChI is InChI=1S/C16H15N3O4S/c1-2-22-13-6-3-7-14(9-13)24(20,21)19-16-10-15(23-18-16)12-5-4-8-17-11-12/h3-11H,2H2,1H3,(H,18,19). The van der Waals surface area contributed by atoms with Crippen LogP contribution in [-0.2, 0) is 10.0 Å². The molecule has 0 spiro atoms. The Labute approximate surface area is 139 Å². The highest BCUT2D eigenvalue weighted by Gasteiger charge is 2.18. The van der Waals surface area contributed by atoms with Crippen LogP contribution in [0.4, 0.5) is 5.82 Å². The smallest absolute Gasteiger partial charge is 0.263 e. The fourth-order valence-corrected chi connectivity index (χ4v) is 3.08. The average molecular weight is 345 g/mol. The number of nitrogens with zero attached hydrogens (tertiary/aromatic N) is 2. The molecule has 7 nitrogen and oxygen atoms in total. The zero-order valence-electron chi connectivity index (χ0n) is 12.8. The molecule has 24 heavy (non-hydrogen) atoms. The maximum absolute atomic E-state index is 12.4. The summed E-state index contributed by atoms with van der Waals surface area (Å²) in [6, 6.07) is 11.3. The van der Waals surface area contributed by atoms with Crippen LogP contribution in [0.5, 0.6) is 5.75 Å². The van der Waals surface area contributed by atoms with Crippen molar-refractivity contribution in [1.82, 2.24) is 10.1 Å². The summed E-state index contributed by atoms with van der Waals surface area (Å²) >= 11 is 0. The molecule has 2 heterocycles. The molecule has 3 aromatic rings. The first-order valence-corrected chi connectivity index (χ1v) is 8.69. The number of sulfonamides is 1. The van der Waals surface area contributed by atoms with Crippen LogP contribution in [0.1, 0.15) is 6.92 Å². The van der Waals surface area contributed by atoms with Gasteiger partial charge in [0, 0.05) is 30.1 Å².